The van der Waals surface area contributed by atoms with E-state index in [1.807, 2.05) is 0 Å². The number of rotatable bonds is 4. The van der Waals surface area contributed by atoms with Gasteiger partial charge in [0.05, 0.1) is 0 Å². The third-order valence-electron chi connectivity index (χ3n) is 0.667. The fraction of sp³-hybridized carbons (Fsp3) is 0.333. The maximum absolute atomic E-state index is 4.91. The Balaban J connectivity index is -0.0000000150. The molecule has 0 aliphatic carbocycles. The Morgan fingerprint density at radius 2 is 0.500 bits per heavy atom. The fourth-order valence-electron chi connectivity index (χ4n) is 0. The van der Waals surface area contributed by atoms with Crippen LogP contribution >= 0.6 is 0 Å². The minimum absolute atomic E-state index is 0. The van der Waals surface area contributed by atoms with E-state index in [1.54, 1.807) is 24.3 Å². The van der Waals surface area contributed by atoms with Gasteiger partial charge in [0.2, 0.25) is 0 Å². The molecule has 0 bridgehead atoms. The Bertz CT molecular complexity index is 115. The molecule has 0 rings (SSSR count). The molecule has 128 valence electrons. The first-order valence-electron chi connectivity index (χ1n) is 4.90. The van der Waals surface area contributed by atoms with Crippen LogP contribution in [0.3, 0.4) is 0 Å². The lowest BCUT2D eigenvalue weighted by Crippen LogP contribution is -1.90. The smallest absolute Gasteiger partial charge is 0.0104 e. The van der Waals surface area contributed by atoms with Gasteiger partial charge < -0.3 is 44.8 Å². The Labute approximate surface area is 122 Å². The molecular weight excluding hydrogens is 264 g/mol. The van der Waals surface area contributed by atoms with Crippen LogP contribution in [0.1, 0.15) is 0 Å². The highest BCUT2D eigenvalue weighted by Crippen LogP contribution is 1.41. The lowest BCUT2D eigenvalue weighted by Gasteiger charge is -1.61. The quantitative estimate of drug-likeness (QED) is 0.403. The van der Waals surface area contributed by atoms with Gasteiger partial charge in [-0.15, -0.1) is 26.3 Å². The van der Waals surface area contributed by atoms with Crippen molar-refractivity contribution in [3.8, 4) is 0 Å². The molecule has 0 aromatic carbocycles. The third-order valence-corrected chi connectivity index (χ3v) is 0.667. The summed E-state index contributed by atoms with van der Waals surface area (Å²) in [6.07, 6.45) is 6.61. The fourth-order valence-corrected chi connectivity index (χ4v) is 0. The summed E-state index contributed by atoms with van der Waals surface area (Å²) in [6, 6.07) is 0. The van der Waals surface area contributed by atoms with Crippen LogP contribution < -0.4 is 22.9 Å². The van der Waals surface area contributed by atoms with E-state index in [-0.39, 0.29) is 21.9 Å². The van der Waals surface area contributed by atoms with Gasteiger partial charge in [-0.2, -0.15) is 0 Å². The number of hydrogen-bond acceptors (Lipinski definition) is 4. The van der Waals surface area contributed by atoms with Crippen molar-refractivity contribution in [2.45, 2.75) is 0 Å². The zero-order chi connectivity index (χ0) is 13.7. The molecule has 0 saturated heterocycles. The van der Waals surface area contributed by atoms with Gasteiger partial charge in [0, 0.05) is 26.2 Å². The molecule has 20 heavy (non-hydrogen) atoms. The van der Waals surface area contributed by atoms with Crippen molar-refractivity contribution in [2.24, 2.45) is 22.9 Å². The topological polar surface area (TPSA) is 230 Å². The lowest BCUT2D eigenvalue weighted by molar-refractivity contribution is 0.823. The van der Waals surface area contributed by atoms with E-state index < -0.39 is 0 Å². The molecule has 0 unspecified atom stereocenters. The summed E-state index contributed by atoms with van der Waals surface area (Å²) in [7, 11) is 0. The molecule has 16 N–H and O–H groups in total. The summed E-state index contributed by atoms with van der Waals surface area (Å²) in [5, 5.41) is 0. The first-order valence-corrected chi connectivity index (χ1v) is 4.90. The standard InChI is InChI=1S/4C3H7N.4H2O/c4*1-2-3-4;;;;/h4*2H,1,3-4H2;4*1H2. The first-order chi connectivity index (χ1) is 7.66. The van der Waals surface area contributed by atoms with Crippen molar-refractivity contribution >= 4 is 0 Å². The van der Waals surface area contributed by atoms with Gasteiger partial charge in [-0.05, 0) is 0 Å². The Hall–Kier alpha value is -1.36. The molecule has 0 aromatic heterocycles. The third kappa shape index (κ3) is 584. The van der Waals surface area contributed by atoms with Crippen LogP contribution in [-0.2, 0) is 0 Å². The second kappa shape index (κ2) is 111. The Morgan fingerprint density at radius 1 is 0.450 bits per heavy atom. The average Bonchev–Trinajstić information content (AvgIpc) is 2.39. The van der Waals surface area contributed by atoms with Crippen molar-refractivity contribution in [3.63, 3.8) is 0 Å². The summed E-state index contributed by atoms with van der Waals surface area (Å²) in [4.78, 5) is 0. The monoisotopic (exact) mass is 300 g/mol. The molecule has 0 aromatic rings. The molecule has 0 amide bonds. The second-order valence-corrected chi connectivity index (χ2v) is 2.10. The molecule has 0 heterocycles. The number of hydrogen-bond donors (Lipinski definition) is 4. The zero-order valence-corrected chi connectivity index (χ0v) is 12.3. The summed E-state index contributed by atoms with van der Waals surface area (Å²) < 4.78 is 0. The molecule has 8 nitrogen and oxygen atoms in total. The molecule has 0 atom stereocenters. The van der Waals surface area contributed by atoms with Gasteiger partial charge in [0.15, 0.2) is 0 Å². The predicted molar refractivity (Wildman–Crippen MR) is 91.5 cm³/mol. The van der Waals surface area contributed by atoms with E-state index in [0.717, 1.165) is 0 Å². The largest absolute Gasteiger partial charge is 0.412 e. The van der Waals surface area contributed by atoms with Crippen molar-refractivity contribution < 1.29 is 21.9 Å². The highest BCUT2D eigenvalue weighted by atomic mass is 16.0. The molecule has 8 heteroatoms. The Kier molecular flexibility index (Phi) is 284. The highest BCUT2D eigenvalue weighted by Gasteiger charge is 1.44. The van der Waals surface area contributed by atoms with Crippen molar-refractivity contribution in [2.75, 3.05) is 26.2 Å². The zero-order valence-electron chi connectivity index (χ0n) is 12.3. The molecule has 0 saturated carbocycles. The van der Waals surface area contributed by atoms with Crippen LogP contribution in [0, 0.1) is 0 Å². The van der Waals surface area contributed by atoms with Gasteiger partial charge in [0.25, 0.3) is 0 Å². The molecule has 0 radical (unpaired) electrons. The summed E-state index contributed by atoms with van der Waals surface area (Å²) in [5.41, 5.74) is 19.6. The highest BCUT2D eigenvalue weighted by molar-refractivity contribution is 4.65. The van der Waals surface area contributed by atoms with E-state index in [9.17, 15) is 0 Å². The maximum Gasteiger partial charge on any atom is 0.0104 e. The van der Waals surface area contributed by atoms with E-state index in [2.05, 4.69) is 26.3 Å². The van der Waals surface area contributed by atoms with Crippen LogP contribution in [0.5, 0.6) is 0 Å². The maximum atomic E-state index is 4.91. The summed E-state index contributed by atoms with van der Waals surface area (Å²) in [5.74, 6) is 0. The normalized spacial score (nSPS) is 5.00. The van der Waals surface area contributed by atoms with Gasteiger partial charge in [-0.25, -0.2) is 0 Å². The molecule has 0 aliphatic heterocycles. The average molecular weight is 300 g/mol. The van der Waals surface area contributed by atoms with Gasteiger partial charge in [-0.3, -0.25) is 0 Å². The van der Waals surface area contributed by atoms with Gasteiger partial charge >= 0.3 is 0 Å². The van der Waals surface area contributed by atoms with Crippen LogP contribution in [0.15, 0.2) is 50.6 Å². The van der Waals surface area contributed by atoms with Crippen molar-refractivity contribution in [1.82, 2.24) is 0 Å². The van der Waals surface area contributed by atoms with Crippen LogP contribution in [0.4, 0.5) is 0 Å². The second-order valence-electron chi connectivity index (χ2n) is 2.10. The first kappa shape index (κ1) is 51.2. The van der Waals surface area contributed by atoms with E-state index in [1.165, 1.54) is 0 Å². The van der Waals surface area contributed by atoms with Crippen LogP contribution in [0.2, 0.25) is 0 Å². The Morgan fingerprint density at radius 3 is 0.500 bits per heavy atom. The molecule has 0 spiro atoms. The predicted octanol–water partition coefficient (Wildman–Crippen LogP) is -2.77. The van der Waals surface area contributed by atoms with Crippen LogP contribution in [-0.4, -0.2) is 48.1 Å². The minimum atomic E-state index is 0. The molecule has 0 fully saturated rings. The van der Waals surface area contributed by atoms with Gasteiger partial charge in [-0.1, -0.05) is 24.3 Å². The summed E-state index contributed by atoms with van der Waals surface area (Å²) >= 11 is 0. The molecular formula is C12H36N4O4. The molecule has 0 aliphatic rings. The minimum Gasteiger partial charge on any atom is -0.412 e. The number of nitrogens with two attached hydrogens (primary N) is 4. The SMILES string of the molecule is C=CCN.C=CCN.C=CCN.C=CCN.O.O.O.O. The van der Waals surface area contributed by atoms with Crippen molar-refractivity contribution in [1.29, 1.82) is 0 Å². The van der Waals surface area contributed by atoms with E-state index >= 15 is 0 Å². The van der Waals surface area contributed by atoms with E-state index in [0.29, 0.717) is 26.2 Å². The summed E-state index contributed by atoms with van der Waals surface area (Å²) in [6.45, 7) is 15.8. The van der Waals surface area contributed by atoms with Gasteiger partial charge in [0.1, 0.15) is 0 Å². The lowest BCUT2D eigenvalue weighted by atomic mass is 10.7. The van der Waals surface area contributed by atoms with E-state index in [4.69, 9.17) is 22.9 Å². The van der Waals surface area contributed by atoms with Crippen LogP contribution in [0.25, 0.3) is 0 Å². The van der Waals surface area contributed by atoms with Crippen molar-refractivity contribution in [3.05, 3.63) is 50.6 Å².